The fourth-order valence-electron chi connectivity index (χ4n) is 3.09. The second kappa shape index (κ2) is 7.78. The lowest BCUT2D eigenvalue weighted by molar-refractivity contribution is 0.0592. The monoisotopic (exact) mass is 395 g/mol. The number of ether oxygens (including phenoxy) is 2. The molecule has 3 aromatic rings. The van der Waals surface area contributed by atoms with Crippen molar-refractivity contribution in [3.63, 3.8) is 0 Å². The lowest BCUT2D eigenvalue weighted by Crippen LogP contribution is -2.12. The Morgan fingerprint density at radius 3 is 2.66 bits per heavy atom. The Kier molecular flexibility index (Phi) is 5.03. The predicted octanol–water partition coefficient (Wildman–Crippen LogP) is 3.50. The lowest BCUT2D eigenvalue weighted by atomic mass is 9.79. The fraction of sp³-hybridized carbons (Fsp3) is 0.250. The first-order chi connectivity index (χ1) is 14.1. The van der Waals surface area contributed by atoms with Crippen LogP contribution in [0.5, 0.6) is 11.8 Å². The highest BCUT2D eigenvalue weighted by Crippen LogP contribution is 2.44. The second-order valence-corrected chi connectivity index (χ2v) is 6.62. The average Bonchev–Trinajstić information content (AvgIpc) is 2.70. The largest absolute Gasteiger partial charge is 0.464 e. The highest BCUT2D eigenvalue weighted by molar-refractivity contribution is 5.87. The van der Waals surface area contributed by atoms with Crippen LogP contribution in [0.3, 0.4) is 0 Å². The number of nitrogen functional groups attached to an aromatic ring is 1. The van der Waals surface area contributed by atoms with Gasteiger partial charge in [-0.2, -0.15) is 4.98 Å². The molecule has 1 saturated carbocycles. The third-order valence-electron chi connectivity index (χ3n) is 4.84. The number of aromatic nitrogens is 4. The predicted molar refractivity (Wildman–Crippen MR) is 102 cm³/mol. The molecular weight excluding hydrogens is 377 g/mol. The highest BCUT2D eigenvalue weighted by Gasteiger charge is 2.28. The number of esters is 1. The van der Waals surface area contributed by atoms with Gasteiger partial charge < -0.3 is 15.2 Å². The maximum atomic E-state index is 15.5. The molecule has 2 heterocycles. The standard InChI is InChI=1S/C20H18FN5O3/c1-28-19(27)14-7-8-23-20(26-14)29-18-12(11-3-2-4-11)5-6-13(17(18)21)15-9-25-16(22)10-24-15/h5-11H,2-4H2,1H3,(H2,22,25). The summed E-state index contributed by atoms with van der Waals surface area (Å²) in [5.41, 5.74) is 6.86. The number of halogens is 1. The highest BCUT2D eigenvalue weighted by atomic mass is 19.1. The number of nitrogens with two attached hydrogens (primary N) is 1. The molecule has 1 aliphatic rings. The van der Waals surface area contributed by atoms with E-state index >= 15 is 4.39 Å². The number of anilines is 1. The zero-order valence-corrected chi connectivity index (χ0v) is 15.6. The number of benzene rings is 1. The summed E-state index contributed by atoms with van der Waals surface area (Å²) in [4.78, 5) is 27.8. The van der Waals surface area contributed by atoms with Gasteiger partial charge in [-0.1, -0.05) is 12.5 Å². The van der Waals surface area contributed by atoms with Crippen molar-refractivity contribution in [3.05, 3.63) is 53.9 Å². The van der Waals surface area contributed by atoms with Crippen molar-refractivity contribution in [2.75, 3.05) is 12.8 Å². The van der Waals surface area contributed by atoms with Crippen molar-refractivity contribution < 1.29 is 18.7 Å². The van der Waals surface area contributed by atoms with Crippen molar-refractivity contribution in [2.24, 2.45) is 0 Å². The van der Waals surface area contributed by atoms with Gasteiger partial charge in [0.05, 0.1) is 25.2 Å². The molecule has 1 aliphatic carbocycles. The van der Waals surface area contributed by atoms with Crippen molar-refractivity contribution in [1.82, 2.24) is 19.9 Å². The Balaban J connectivity index is 1.76. The number of hydrogen-bond donors (Lipinski definition) is 1. The van der Waals surface area contributed by atoms with E-state index in [0.29, 0.717) is 5.69 Å². The number of rotatable bonds is 5. The average molecular weight is 395 g/mol. The van der Waals surface area contributed by atoms with Crippen LogP contribution >= 0.6 is 0 Å². The molecule has 0 bridgehead atoms. The van der Waals surface area contributed by atoms with Gasteiger partial charge in [-0.15, -0.1) is 0 Å². The number of carbonyl (C=O) groups excluding carboxylic acids is 1. The second-order valence-electron chi connectivity index (χ2n) is 6.62. The van der Waals surface area contributed by atoms with Crippen LogP contribution in [0, 0.1) is 5.82 Å². The van der Waals surface area contributed by atoms with Gasteiger partial charge in [-0.05, 0) is 30.9 Å². The number of hydrogen-bond acceptors (Lipinski definition) is 8. The third kappa shape index (κ3) is 3.71. The van der Waals surface area contributed by atoms with Crippen LogP contribution < -0.4 is 10.5 Å². The lowest BCUT2D eigenvalue weighted by Gasteiger charge is -2.28. The minimum absolute atomic E-state index is 0.0173. The van der Waals surface area contributed by atoms with Crippen LogP contribution in [0.25, 0.3) is 11.3 Å². The van der Waals surface area contributed by atoms with E-state index in [2.05, 4.69) is 24.7 Å². The summed E-state index contributed by atoms with van der Waals surface area (Å²) in [7, 11) is 1.25. The summed E-state index contributed by atoms with van der Waals surface area (Å²) in [5, 5.41) is 0. The first-order valence-electron chi connectivity index (χ1n) is 9.06. The topological polar surface area (TPSA) is 113 Å². The van der Waals surface area contributed by atoms with E-state index in [1.54, 1.807) is 6.07 Å². The van der Waals surface area contributed by atoms with E-state index in [1.807, 2.05) is 6.07 Å². The SMILES string of the molecule is COC(=O)c1ccnc(Oc2c(C3CCC3)ccc(-c3cnc(N)cn3)c2F)n1. The maximum Gasteiger partial charge on any atom is 0.356 e. The molecule has 1 aromatic carbocycles. The summed E-state index contributed by atoms with van der Waals surface area (Å²) in [5.74, 6) is -0.782. The van der Waals surface area contributed by atoms with Gasteiger partial charge in [0, 0.05) is 17.3 Å². The van der Waals surface area contributed by atoms with E-state index in [0.717, 1.165) is 24.8 Å². The zero-order chi connectivity index (χ0) is 20.4. The van der Waals surface area contributed by atoms with Gasteiger partial charge >= 0.3 is 12.0 Å². The molecule has 0 aliphatic heterocycles. The van der Waals surface area contributed by atoms with Crippen molar-refractivity contribution >= 4 is 11.8 Å². The van der Waals surface area contributed by atoms with Crippen molar-refractivity contribution in [3.8, 4) is 23.0 Å². The molecule has 4 rings (SSSR count). The minimum Gasteiger partial charge on any atom is -0.464 e. The molecular formula is C20H18FN5O3. The van der Waals surface area contributed by atoms with Gasteiger partial charge in [-0.3, -0.25) is 4.98 Å². The zero-order valence-electron chi connectivity index (χ0n) is 15.6. The normalized spacial score (nSPS) is 13.6. The van der Waals surface area contributed by atoms with Crippen molar-refractivity contribution in [2.45, 2.75) is 25.2 Å². The Labute approximate surface area is 166 Å². The van der Waals surface area contributed by atoms with Crippen LogP contribution in [0.15, 0.2) is 36.8 Å². The summed E-state index contributed by atoms with van der Waals surface area (Å²) in [6.45, 7) is 0. The number of methoxy groups -OCH3 is 1. The van der Waals surface area contributed by atoms with Crippen molar-refractivity contribution in [1.29, 1.82) is 0 Å². The third-order valence-corrected chi connectivity index (χ3v) is 4.84. The number of carbonyl (C=O) groups is 1. The molecule has 2 N–H and O–H groups in total. The first-order valence-corrected chi connectivity index (χ1v) is 9.06. The Morgan fingerprint density at radius 2 is 2.00 bits per heavy atom. The van der Waals surface area contributed by atoms with E-state index in [1.165, 1.54) is 31.8 Å². The Hall–Kier alpha value is -3.62. The van der Waals surface area contributed by atoms with Crippen LogP contribution in [0.1, 0.15) is 41.2 Å². The molecule has 29 heavy (non-hydrogen) atoms. The van der Waals surface area contributed by atoms with Crippen LogP contribution in [0.2, 0.25) is 0 Å². The Morgan fingerprint density at radius 1 is 1.17 bits per heavy atom. The van der Waals surface area contributed by atoms with E-state index in [-0.39, 0.29) is 34.8 Å². The Bertz CT molecular complexity index is 1050. The number of nitrogens with zero attached hydrogens (tertiary/aromatic N) is 4. The molecule has 0 spiro atoms. The summed E-state index contributed by atoms with van der Waals surface area (Å²) in [6, 6.07) is 4.72. The van der Waals surface area contributed by atoms with Crippen LogP contribution in [-0.2, 0) is 4.74 Å². The molecule has 0 unspecified atom stereocenters. The molecule has 0 atom stereocenters. The summed E-state index contributed by atoms with van der Waals surface area (Å²) < 4.78 is 25.9. The van der Waals surface area contributed by atoms with Gasteiger partial charge in [0.2, 0.25) is 0 Å². The molecule has 0 radical (unpaired) electrons. The van der Waals surface area contributed by atoms with Gasteiger partial charge in [0.15, 0.2) is 17.3 Å². The van der Waals surface area contributed by atoms with Gasteiger partial charge in [0.1, 0.15) is 5.82 Å². The maximum absolute atomic E-state index is 15.5. The minimum atomic E-state index is -0.636. The molecule has 0 amide bonds. The van der Waals surface area contributed by atoms with Gasteiger partial charge in [0.25, 0.3) is 0 Å². The fourth-order valence-corrected chi connectivity index (χ4v) is 3.09. The first kappa shape index (κ1) is 18.7. The van der Waals surface area contributed by atoms with E-state index in [4.69, 9.17) is 10.5 Å². The van der Waals surface area contributed by atoms with E-state index < -0.39 is 11.8 Å². The molecule has 1 fully saturated rings. The molecule has 8 nitrogen and oxygen atoms in total. The molecule has 9 heteroatoms. The van der Waals surface area contributed by atoms with Gasteiger partial charge in [-0.25, -0.2) is 19.2 Å². The molecule has 148 valence electrons. The molecule has 0 saturated heterocycles. The smallest absolute Gasteiger partial charge is 0.356 e. The molecule has 2 aromatic heterocycles. The van der Waals surface area contributed by atoms with Crippen LogP contribution in [-0.4, -0.2) is 33.0 Å². The van der Waals surface area contributed by atoms with Crippen LogP contribution in [0.4, 0.5) is 10.2 Å². The van der Waals surface area contributed by atoms with E-state index in [9.17, 15) is 4.79 Å². The quantitative estimate of drug-likeness (QED) is 0.653. The summed E-state index contributed by atoms with van der Waals surface area (Å²) >= 11 is 0. The summed E-state index contributed by atoms with van der Waals surface area (Å²) in [6.07, 6.45) is 7.07.